The molecular weight excluding hydrogens is 395 g/mol. The Labute approximate surface area is 181 Å². The van der Waals surface area contributed by atoms with Gasteiger partial charge in [0.05, 0.1) is 6.10 Å². The molecule has 0 aromatic heterocycles. The Bertz CT molecular complexity index is 562. The summed E-state index contributed by atoms with van der Waals surface area (Å²) in [7, 11) is 1.55. The van der Waals surface area contributed by atoms with Gasteiger partial charge in [-0.05, 0) is 62.4 Å². The lowest BCUT2D eigenvalue weighted by Gasteiger charge is -2.32. The molecule has 1 amide bonds. The van der Waals surface area contributed by atoms with Crippen LogP contribution in [0.3, 0.4) is 0 Å². The number of carbonyl (C=O) groups is 1. The van der Waals surface area contributed by atoms with Crippen molar-refractivity contribution in [2.75, 3.05) is 33.4 Å². The number of hydrogen-bond acceptors (Lipinski definition) is 5. The summed E-state index contributed by atoms with van der Waals surface area (Å²) in [5.74, 6) is -0.897. The van der Waals surface area contributed by atoms with Crippen LogP contribution in [0.15, 0.2) is 24.3 Å². The maximum Gasteiger partial charge on any atom is 0.246 e. The van der Waals surface area contributed by atoms with Crippen LogP contribution in [0.2, 0.25) is 0 Å². The normalized spacial score (nSPS) is 18.4. The predicted molar refractivity (Wildman–Crippen MR) is 119 cm³/mol. The fraction of sp³-hybridized carbons (Fsp3) is 0.667. The fourth-order valence-corrected chi connectivity index (χ4v) is 3.59. The summed E-state index contributed by atoms with van der Waals surface area (Å²) in [4.78, 5) is 14.4. The van der Waals surface area contributed by atoms with Gasteiger partial charge in [-0.25, -0.2) is 9.87 Å². The first-order valence-corrected chi connectivity index (χ1v) is 9.12. The molecule has 29 heavy (non-hydrogen) atoms. The molecule has 8 heteroatoms. The zero-order valence-corrected chi connectivity index (χ0v) is 16.7. The number of aliphatic hydroxyl groups is 1. The van der Waals surface area contributed by atoms with Crippen molar-refractivity contribution >= 4 is 19.4 Å². The number of benzene rings is 1. The van der Waals surface area contributed by atoms with Crippen molar-refractivity contribution in [3.8, 4) is 0 Å². The number of rotatable bonds is 9. The van der Waals surface area contributed by atoms with E-state index in [9.17, 15) is 14.3 Å². The maximum atomic E-state index is 13.1. The molecule has 1 heterocycles. The second kappa shape index (κ2) is 15.6. The van der Waals surface area contributed by atoms with Gasteiger partial charge in [-0.1, -0.05) is 27.0 Å². The Morgan fingerprint density at radius 1 is 1.34 bits per heavy atom. The molecule has 0 radical (unpaired) electrons. The SMILES string of the molecule is C.C.CO[C@H](C[C@H](CCN1CCC[C@@H](CO)C1)C(=O)NO)c1ccc(F)cc1.S. The molecule has 6 nitrogen and oxygen atoms in total. The van der Waals surface area contributed by atoms with E-state index < -0.39 is 11.8 Å². The van der Waals surface area contributed by atoms with Crippen LogP contribution in [0.4, 0.5) is 4.39 Å². The molecule has 0 spiro atoms. The number of hydrogen-bond donors (Lipinski definition) is 3. The Balaban J connectivity index is 0. The molecule has 1 aliphatic rings. The maximum absolute atomic E-state index is 13.1. The molecule has 1 aliphatic heterocycles. The van der Waals surface area contributed by atoms with Gasteiger partial charge in [0.25, 0.3) is 0 Å². The van der Waals surface area contributed by atoms with E-state index in [1.807, 2.05) is 0 Å². The van der Waals surface area contributed by atoms with E-state index >= 15 is 0 Å². The third-order valence-corrected chi connectivity index (χ3v) is 5.16. The van der Waals surface area contributed by atoms with Gasteiger partial charge in [-0.15, -0.1) is 0 Å². The quantitative estimate of drug-likeness (QED) is 0.409. The molecule has 0 aliphatic carbocycles. The minimum Gasteiger partial charge on any atom is -0.396 e. The molecule has 0 bridgehead atoms. The van der Waals surface area contributed by atoms with Crippen molar-refractivity contribution in [1.29, 1.82) is 0 Å². The number of hydroxylamine groups is 1. The number of likely N-dealkylation sites (tertiary alicyclic amines) is 1. The Morgan fingerprint density at radius 3 is 2.55 bits per heavy atom. The van der Waals surface area contributed by atoms with Gasteiger partial charge in [0.1, 0.15) is 5.82 Å². The first-order chi connectivity index (χ1) is 12.6. The van der Waals surface area contributed by atoms with E-state index in [-0.39, 0.29) is 46.9 Å². The lowest BCUT2D eigenvalue weighted by atomic mass is 9.92. The third-order valence-electron chi connectivity index (χ3n) is 5.16. The fourth-order valence-electron chi connectivity index (χ4n) is 3.59. The van der Waals surface area contributed by atoms with Crippen LogP contribution >= 0.6 is 13.5 Å². The monoisotopic (exact) mass is 434 g/mol. The van der Waals surface area contributed by atoms with Crippen molar-refractivity contribution < 1.29 is 24.2 Å². The highest BCUT2D eigenvalue weighted by molar-refractivity contribution is 7.59. The molecule has 1 aromatic carbocycles. The van der Waals surface area contributed by atoms with Crippen molar-refractivity contribution in [2.24, 2.45) is 11.8 Å². The number of piperidine rings is 1. The Hall–Kier alpha value is -1.19. The summed E-state index contributed by atoms with van der Waals surface area (Å²) in [5, 5.41) is 18.4. The van der Waals surface area contributed by atoms with Crippen LogP contribution < -0.4 is 5.48 Å². The number of aliphatic hydroxyl groups excluding tert-OH is 1. The minimum atomic E-state index is -0.440. The number of amides is 1. The lowest BCUT2D eigenvalue weighted by molar-refractivity contribution is -0.135. The first kappa shape index (κ1) is 30.0. The van der Waals surface area contributed by atoms with E-state index in [1.165, 1.54) is 12.1 Å². The van der Waals surface area contributed by atoms with Crippen molar-refractivity contribution in [3.63, 3.8) is 0 Å². The van der Waals surface area contributed by atoms with E-state index in [2.05, 4.69) is 4.90 Å². The smallest absolute Gasteiger partial charge is 0.246 e. The number of methoxy groups -OCH3 is 1. The third kappa shape index (κ3) is 9.44. The summed E-state index contributed by atoms with van der Waals surface area (Å²) in [6, 6.07) is 6.03. The largest absolute Gasteiger partial charge is 0.396 e. The van der Waals surface area contributed by atoms with Crippen molar-refractivity contribution in [3.05, 3.63) is 35.6 Å². The summed E-state index contributed by atoms with van der Waals surface area (Å²) in [6.45, 7) is 2.69. The molecule has 2 rings (SSSR count). The minimum absolute atomic E-state index is 0. The number of carbonyl (C=O) groups excluding carboxylic acids is 1. The van der Waals surface area contributed by atoms with Crippen LogP contribution in [0.1, 0.15) is 52.2 Å². The van der Waals surface area contributed by atoms with Gasteiger partial charge in [0.2, 0.25) is 5.91 Å². The summed E-state index contributed by atoms with van der Waals surface area (Å²) in [5.41, 5.74) is 2.54. The van der Waals surface area contributed by atoms with Crippen molar-refractivity contribution in [1.82, 2.24) is 10.4 Å². The number of ether oxygens (including phenoxy) is 1. The Kier molecular flexibility index (Phi) is 16.2. The summed E-state index contributed by atoms with van der Waals surface area (Å²) >= 11 is 0. The number of nitrogens with zero attached hydrogens (tertiary/aromatic N) is 1. The highest BCUT2D eigenvalue weighted by atomic mass is 32.1. The van der Waals surface area contributed by atoms with Crippen LogP contribution in [0, 0.1) is 17.7 Å². The van der Waals surface area contributed by atoms with Gasteiger partial charge >= 0.3 is 0 Å². The molecule has 3 atom stereocenters. The van der Waals surface area contributed by atoms with Gasteiger partial charge < -0.3 is 14.7 Å². The zero-order chi connectivity index (χ0) is 18.9. The van der Waals surface area contributed by atoms with Crippen LogP contribution in [-0.2, 0) is 9.53 Å². The van der Waals surface area contributed by atoms with E-state index in [0.717, 1.165) is 31.5 Å². The molecule has 0 saturated carbocycles. The molecule has 1 fully saturated rings. The molecule has 1 saturated heterocycles. The summed E-state index contributed by atoms with van der Waals surface area (Å²) < 4.78 is 18.6. The standard InChI is InChI=1S/C19H29FN2O4.2CH4.H2S/c1-26-18(15-4-6-17(20)7-5-15)11-16(19(24)21-25)8-10-22-9-2-3-14(12-22)13-23;;;/h4-7,14,16,18,23,25H,2-3,8-13H2,1H3,(H,21,24);2*1H4;1H2/t14-,16+,18-;;;/m1.../s1. The van der Waals surface area contributed by atoms with E-state index in [1.54, 1.807) is 24.7 Å². The predicted octanol–water partition coefficient (Wildman–Crippen LogP) is 3.50. The molecule has 0 unspecified atom stereocenters. The van der Waals surface area contributed by atoms with Gasteiger partial charge in [-0.3, -0.25) is 10.0 Å². The zero-order valence-electron chi connectivity index (χ0n) is 15.7. The first-order valence-electron chi connectivity index (χ1n) is 9.12. The van der Waals surface area contributed by atoms with Crippen LogP contribution in [0.5, 0.6) is 0 Å². The average Bonchev–Trinajstić information content (AvgIpc) is 2.68. The topological polar surface area (TPSA) is 82.0 Å². The molecule has 170 valence electrons. The second-order valence-corrected chi connectivity index (χ2v) is 6.96. The molecular formula is C21H39FN2O4S. The van der Waals surface area contributed by atoms with Gasteiger partial charge in [0.15, 0.2) is 0 Å². The molecule has 3 N–H and O–H groups in total. The summed E-state index contributed by atoms with van der Waals surface area (Å²) in [6.07, 6.45) is 2.68. The number of halogens is 1. The highest BCUT2D eigenvalue weighted by Crippen LogP contribution is 2.27. The van der Waals surface area contributed by atoms with Gasteiger partial charge in [0, 0.05) is 26.2 Å². The average molecular weight is 435 g/mol. The lowest BCUT2D eigenvalue weighted by Crippen LogP contribution is -2.39. The van der Waals surface area contributed by atoms with Crippen LogP contribution in [0.25, 0.3) is 0 Å². The molecule has 1 aromatic rings. The van der Waals surface area contributed by atoms with E-state index in [4.69, 9.17) is 9.94 Å². The van der Waals surface area contributed by atoms with Crippen LogP contribution in [-0.4, -0.2) is 54.5 Å². The van der Waals surface area contributed by atoms with Crippen molar-refractivity contribution in [2.45, 2.75) is 46.6 Å². The number of nitrogens with one attached hydrogen (secondary N) is 1. The second-order valence-electron chi connectivity index (χ2n) is 6.96. The van der Waals surface area contributed by atoms with Gasteiger partial charge in [-0.2, -0.15) is 13.5 Å². The highest BCUT2D eigenvalue weighted by Gasteiger charge is 2.26. The Morgan fingerprint density at radius 2 is 2.00 bits per heavy atom. The van der Waals surface area contributed by atoms with E-state index in [0.29, 0.717) is 25.3 Å².